The first-order valence-electron chi connectivity index (χ1n) is 8.50. The maximum atomic E-state index is 12.3. The number of halogens is 1. The molecule has 0 saturated heterocycles. The normalized spacial score (nSPS) is 11.5. The van der Waals surface area contributed by atoms with Crippen LogP contribution in [-0.4, -0.2) is 96.6 Å². The Bertz CT molecular complexity index is 938. The van der Waals surface area contributed by atoms with Gasteiger partial charge in [-0.25, -0.2) is 13.6 Å². The summed E-state index contributed by atoms with van der Waals surface area (Å²) in [5.41, 5.74) is 0.214. The summed E-state index contributed by atoms with van der Waals surface area (Å²) in [6, 6.07) is 3.67. The van der Waals surface area contributed by atoms with Crippen LogP contribution in [0, 0.1) is 0 Å². The molecule has 0 spiro atoms. The number of nitrogens with zero attached hydrogens (tertiary/aromatic N) is 2. The summed E-state index contributed by atoms with van der Waals surface area (Å²) < 4.78 is 22.9. The second-order valence-electron chi connectivity index (χ2n) is 6.34. The maximum absolute atomic E-state index is 12.3. The van der Waals surface area contributed by atoms with Crippen molar-refractivity contribution in [1.82, 2.24) is 9.80 Å². The van der Waals surface area contributed by atoms with E-state index >= 15 is 0 Å². The fourth-order valence-electron chi connectivity index (χ4n) is 2.45. The van der Waals surface area contributed by atoms with Crippen molar-refractivity contribution in [1.29, 1.82) is 0 Å². The third-order valence-electron chi connectivity index (χ3n) is 3.72. The number of anilines is 1. The average Bonchev–Trinajstić information content (AvgIpc) is 2.58. The zero-order chi connectivity index (χ0) is 23.8. The molecule has 0 saturated carbocycles. The predicted molar refractivity (Wildman–Crippen MR) is 110 cm³/mol. The van der Waals surface area contributed by atoms with Crippen molar-refractivity contribution in [3.05, 3.63) is 22.7 Å². The molecule has 1 amide bonds. The number of hydrogen-bond donors (Lipinski definition) is 5. The van der Waals surface area contributed by atoms with Crippen LogP contribution >= 0.6 is 15.9 Å². The van der Waals surface area contributed by atoms with Gasteiger partial charge in [0.15, 0.2) is 0 Å². The van der Waals surface area contributed by atoms with Crippen molar-refractivity contribution in [3.8, 4) is 0 Å². The van der Waals surface area contributed by atoms with Crippen molar-refractivity contribution in [2.24, 2.45) is 5.14 Å². The Labute approximate surface area is 185 Å². The highest BCUT2D eigenvalue weighted by Gasteiger charge is 2.19. The molecule has 15 heteroatoms. The Balaban J connectivity index is 2.82. The lowest BCUT2D eigenvalue weighted by molar-refractivity contribution is -0.143. The Morgan fingerprint density at radius 2 is 1.35 bits per heavy atom. The standard InChI is InChI=1S/C16H21BrN4O9S/c17-11-5-10(31(18,29)30)1-2-12(11)19-13(22)6-20(7-14(23)24)3-4-21(8-15(25)26)9-16(27)28/h1-2,5H,3-4,6-9H2,(H,19,22)(H,23,24)(H,25,26)(H,27,28)(H2,18,29,30). The van der Waals surface area contributed by atoms with Gasteiger partial charge in [-0.2, -0.15) is 0 Å². The number of primary sulfonamides is 1. The van der Waals surface area contributed by atoms with Gasteiger partial charge in [0.05, 0.1) is 36.8 Å². The molecule has 172 valence electrons. The van der Waals surface area contributed by atoms with E-state index in [0.29, 0.717) is 0 Å². The SMILES string of the molecule is NS(=O)(=O)c1ccc(NC(=O)CN(CCN(CC(=O)O)CC(=O)O)CC(=O)O)c(Br)c1. The Kier molecular flexibility index (Phi) is 9.99. The minimum atomic E-state index is -3.94. The second kappa shape index (κ2) is 11.7. The topological polar surface area (TPSA) is 208 Å². The monoisotopic (exact) mass is 524 g/mol. The molecule has 0 fully saturated rings. The van der Waals surface area contributed by atoms with E-state index in [0.717, 1.165) is 4.90 Å². The van der Waals surface area contributed by atoms with E-state index in [2.05, 4.69) is 21.2 Å². The van der Waals surface area contributed by atoms with Gasteiger partial charge in [-0.1, -0.05) is 0 Å². The fraction of sp³-hybridized carbons (Fsp3) is 0.375. The molecule has 1 rings (SSSR count). The van der Waals surface area contributed by atoms with Gasteiger partial charge in [0.2, 0.25) is 15.9 Å². The summed E-state index contributed by atoms with van der Waals surface area (Å²) in [7, 11) is -3.94. The number of carboxylic acid groups (broad SMARTS) is 3. The van der Waals surface area contributed by atoms with Gasteiger partial charge in [-0.15, -0.1) is 0 Å². The molecule has 0 aromatic heterocycles. The molecule has 0 aliphatic rings. The summed E-state index contributed by atoms with van der Waals surface area (Å²) >= 11 is 3.11. The Morgan fingerprint density at radius 3 is 1.74 bits per heavy atom. The molecule has 1 aromatic carbocycles. The molecular weight excluding hydrogens is 504 g/mol. The van der Waals surface area contributed by atoms with E-state index < -0.39 is 60.0 Å². The van der Waals surface area contributed by atoms with Crippen LogP contribution in [0.3, 0.4) is 0 Å². The number of nitrogens with one attached hydrogen (secondary N) is 1. The van der Waals surface area contributed by atoms with E-state index in [1.165, 1.54) is 23.1 Å². The number of rotatable bonds is 13. The molecule has 0 bridgehead atoms. The first-order valence-corrected chi connectivity index (χ1v) is 10.8. The van der Waals surface area contributed by atoms with Crippen LogP contribution in [0.5, 0.6) is 0 Å². The van der Waals surface area contributed by atoms with Gasteiger partial charge in [0.1, 0.15) is 0 Å². The van der Waals surface area contributed by atoms with Gasteiger partial charge in [0, 0.05) is 17.6 Å². The lowest BCUT2D eigenvalue weighted by Gasteiger charge is -2.24. The quantitative estimate of drug-likeness (QED) is 0.209. The number of nitrogens with two attached hydrogens (primary N) is 1. The Hall–Kier alpha value is -2.59. The Morgan fingerprint density at radius 1 is 0.903 bits per heavy atom. The average molecular weight is 525 g/mol. The first kappa shape index (κ1) is 26.4. The van der Waals surface area contributed by atoms with Gasteiger partial charge < -0.3 is 20.6 Å². The van der Waals surface area contributed by atoms with E-state index in [1.54, 1.807) is 0 Å². The van der Waals surface area contributed by atoms with E-state index in [4.69, 9.17) is 20.5 Å². The molecule has 0 heterocycles. The smallest absolute Gasteiger partial charge is 0.317 e. The number of sulfonamides is 1. The van der Waals surface area contributed by atoms with Crippen LogP contribution < -0.4 is 10.5 Å². The summed E-state index contributed by atoms with van der Waals surface area (Å²) in [4.78, 5) is 47.2. The maximum Gasteiger partial charge on any atom is 0.317 e. The zero-order valence-electron chi connectivity index (χ0n) is 16.0. The van der Waals surface area contributed by atoms with Gasteiger partial charge in [-0.3, -0.25) is 29.0 Å². The third kappa shape index (κ3) is 10.3. The summed E-state index contributed by atoms with van der Waals surface area (Å²) in [6.07, 6.45) is 0. The van der Waals surface area contributed by atoms with Crippen LogP contribution in [-0.2, 0) is 29.2 Å². The number of carbonyl (C=O) groups is 4. The molecule has 0 radical (unpaired) electrons. The lowest BCUT2D eigenvalue weighted by atomic mass is 10.3. The predicted octanol–water partition coefficient (Wildman–Crippen LogP) is -1.11. The number of benzene rings is 1. The van der Waals surface area contributed by atoms with Crippen molar-refractivity contribution in [2.45, 2.75) is 4.90 Å². The van der Waals surface area contributed by atoms with Gasteiger partial charge in [0.25, 0.3) is 0 Å². The third-order valence-corrected chi connectivity index (χ3v) is 5.29. The lowest BCUT2D eigenvalue weighted by Crippen LogP contribution is -2.44. The largest absolute Gasteiger partial charge is 0.480 e. The molecule has 1 aromatic rings. The van der Waals surface area contributed by atoms with Crippen molar-refractivity contribution < 1.29 is 42.9 Å². The number of hydrogen-bond acceptors (Lipinski definition) is 8. The molecule has 0 aliphatic carbocycles. The number of aliphatic carboxylic acids is 3. The fourth-order valence-corrected chi connectivity index (χ4v) is 3.62. The van der Waals surface area contributed by atoms with Crippen LogP contribution in [0.1, 0.15) is 0 Å². The summed E-state index contributed by atoms with van der Waals surface area (Å²) in [6.45, 7) is -2.28. The van der Waals surface area contributed by atoms with Crippen molar-refractivity contribution in [2.75, 3.05) is 44.6 Å². The molecule has 0 atom stereocenters. The van der Waals surface area contributed by atoms with E-state index in [-0.39, 0.29) is 28.1 Å². The second-order valence-corrected chi connectivity index (χ2v) is 8.75. The number of amides is 1. The number of carbonyl (C=O) groups excluding carboxylic acids is 1. The molecule has 6 N–H and O–H groups in total. The highest BCUT2D eigenvalue weighted by atomic mass is 79.9. The van der Waals surface area contributed by atoms with E-state index in [1.807, 2.05) is 0 Å². The minimum absolute atomic E-state index is 0.0915. The van der Waals surface area contributed by atoms with E-state index in [9.17, 15) is 27.6 Å². The zero-order valence-corrected chi connectivity index (χ0v) is 18.4. The van der Waals surface area contributed by atoms with Gasteiger partial charge >= 0.3 is 17.9 Å². The molecule has 13 nitrogen and oxygen atoms in total. The highest BCUT2D eigenvalue weighted by molar-refractivity contribution is 9.10. The van der Waals surface area contributed by atoms with Crippen LogP contribution in [0.15, 0.2) is 27.6 Å². The molecular formula is C16H21BrN4O9S. The summed E-state index contributed by atoms with van der Waals surface area (Å²) in [5, 5.41) is 34.3. The highest BCUT2D eigenvalue weighted by Crippen LogP contribution is 2.25. The first-order chi connectivity index (χ1) is 14.3. The van der Waals surface area contributed by atoms with Crippen LogP contribution in [0.4, 0.5) is 5.69 Å². The summed E-state index contributed by atoms with van der Waals surface area (Å²) in [5.74, 6) is -4.38. The molecule has 31 heavy (non-hydrogen) atoms. The molecule has 0 unspecified atom stereocenters. The van der Waals surface area contributed by atoms with Gasteiger partial charge in [-0.05, 0) is 34.1 Å². The van der Waals surface area contributed by atoms with Crippen LogP contribution in [0.2, 0.25) is 0 Å². The minimum Gasteiger partial charge on any atom is -0.480 e. The van der Waals surface area contributed by atoms with Crippen molar-refractivity contribution >= 4 is 55.5 Å². The number of carboxylic acids is 3. The molecule has 0 aliphatic heterocycles. The van der Waals surface area contributed by atoms with Crippen molar-refractivity contribution in [3.63, 3.8) is 0 Å². The van der Waals surface area contributed by atoms with Crippen LogP contribution in [0.25, 0.3) is 0 Å².